The zero-order valence-electron chi connectivity index (χ0n) is 9.65. The number of allylic oxidation sites excluding steroid dienone is 1. The van der Waals surface area contributed by atoms with Crippen LogP contribution in [0, 0.1) is 5.92 Å². The number of carboxylic acid groups (broad SMARTS) is 1. The zero-order chi connectivity index (χ0) is 12.0. The van der Waals surface area contributed by atoms with E-state index in [2.05, 4.69) is 13.5 Å². The maximum absolute atomic E-state index is 10.8. The number of hydrogen-bond donors (Lipinski definition) is 1. The number of hydrogen-bond acceptors (Lipinski definition) is 1. The first-order valence-electron chi connectivity index (χ1n) is 5.56. The predicted molar refractivity (Wildman–Crippen MR) is 65.7 cm³/mol. The van der Waals surface area contributed by atoms with Crippen molar-refractivity contribution in [2.45, 2.75) is 26.2 Å². The molecule has 1 atom stereocenters. The Balaban J connectivity index is 2.62. The van der Waals surface area contributed by atoms with Crippen LogP contribution in [0.25, 0.3) is 0 Å². The fourth-order valence-corrected chi connectivity index (χ4v) is 1.74. The lowest BCUT2D eigenvalue weighted by molar-refractivity contribution is 0.0696. The van der Waals surface area contributed by atoms with Gasteiger partial charge in [-0.25, -0.2) is 4.79 Å². The molecule has 0 aliphatic rings. The second-order valence-corrected chi connectivity index (χ2v) is 4.18. The van der Waals surface area contributed by atoms with Gasteiger partial charge in [0.15, 0.2) is 0 Å². The van der Waals surface area contributed by atoms with E-state index in [1.54, 1.807) is 18.2 Å². The van der Waals surface area contributed by atoms with Crippen LogP contribution in [0.2, 0.25) is 0 Å². The molecule has 1 rings (SSSR count). The molecule has 16 heavy (non-hydrogen) atoms. The number of benzene rings is 1. The largest absolute Gasteiger partial charge is 0.478 e. The molecule has 1 aromatic rings. The number of aromatic carboxylic acids is 1. The van der Waals surface area contributed by atoms with Crippen molar-refractivity contribution in [1.82, 2.24) is 0 Å². The van der Waals surface area contributed by atoms with Crippen LogP contribution in [-0.4, -0.2) is 11.1 Å². The monoisotopic (exact) mass is 218 g/mol. The maximum atomic E-state index is 10.8. The number of rotatable bonds is 6. The van der Waals surface area contributed by atoms with Crippen molar-refractivity contribution in [3.8, 4) is 0 Å². The minimum Gasteiger partial charge on any atom is -0.478 e. The van der Waals surface area contributed by atoms with Crippen molar-refractivity contribution in [1.29, 1.82) is 0 Å². The highest BCUT2D eigenvalue weighted by Crippen LogP contribution is 2.15. The third-order valence-electron chi connectivity index (χ3n) is 2.62. The second kappa shape index (κ2) is 6.11. The van der Waals surface area contributed by atoms with Gasteiger partial charge in [0, 0.05) is 0 Å². The molecule has 2 nitrogen and oxygen atoms in total. The van der Waals surface area contributed by atoms with Crippen LogP contribution in [0.4, 0.5) is 0 Å². The van der Waals surface area contributed by atoms with Gasteiger partial charge in [-0.05, 0) is 42.9 Å². The molecular formula is C14H18O2. The van der Waals surface area contributed by atoms with Crippen molar-refractivity contribution in [3.63, 3.8) is 0 Å². The van der Waals surface area contributed by atoms with Crippen molar-refractivity contribution in [3.05, 3.63) is 48.0 Å². The van der Waals surface area contributed by atoms with E-state index in [1.165, 1.54) is 0 Å². The Morgan fingerprint density at radius 3 is 2.94 bits per heavy atom. The minimum atomic E-state index is -0.861. The SMILES string of the molecule is C=CCCC(C)Cc1cccc(C(=O)O)c1. The van der Waals surface area contributed by atoms with E-state index in [9.17, 15) is 4.79 Å². The first kappa shape index (κ1) is 12.5. The van der Waals surface area contributed by atoms with Gasteiger partial charge in [0.25, 0.3) is 0 Å². The molecule has 0 spiro atoms. The summed E-state index contributed by atoms with van der Waals surface area (Å²) in [5.41, 5.74) is 1.46. The Morgan fingerprint density at radius 2 is 2.31 bits per heavy atom. The molecule has 2 heteroatoms. The van der Waals surface area contributed by atoms with Crippen LogP contribution in [-0.2, 0) is 6.42 Å². The molecule has 0 saturated carbocycles. The third kappa shape index (κ3) is 3.89. The van der Waals surface area contributed by atoms with Crippen LogP contribution in [0.15, 0.2) is 36.9 Å². The van der Waals surface area contributed by atoms with Crippen LogP contribution in [0.5, 0.6) is 0 Å². The highest BCUT2D eigenvalue weighted by atomic mass is 16.4. The lowest BCUT2D eigenvalue weighted by Crippen LogP contribution is -2.02. The average molecular weight is 218 g/mol. The molecule has 1 unspecified atom stereocenters. The predicted octanol–water partition coefficient (Wildman–Crippen LogP) is 3.53. The van der Waals surface area contributed by atoms with E-state index >= 15 is 0 Å². The Labute approximate surface area is 96.6 Å². The third-order valence-corrected chi connectivity index (χ3v) is 2.62. The summed E-state index contributed by atoms with van der Waals surface area (Å²) < 4.78 is 0. The van der Waals surface area contributed by atoms with E-state index in [-0.39, 0.29) is 0 Å². The molecule has 0 radical (unpaired) electrons. The quantitative estimate of drug-likeness (QED) is 0.742. The van der Waals surface area contributed by atoms with Gasteiger partial charge in [-0.3, -0.25) is 0 Å². The average Bonchev–Trinajstić information content (AvgIpc) is 2.26. The van der Waals surface area contributed by atoms with Gasteiger partial charge in [0.05, 0.1) is 5.56 Å². The summed E-state index contributed by atoms with van der Waals surface area (Å²) >= 11 is 0. The molecular weight excluding hydrogens is 200 g/mol. The lowest BCUT2D eigenvalue weighted by atomic mass is 9.96. The second-order valence-electron chi connectivity index (χ2n) is 4.18. The van der Waals surface area contributed by atoms with Crippen molar-refractivity contribution < 1.29 is 9.90 Å². The molecule has 0 heterocycles. The van der Waals surface area contributed by atoms with Crippen molar-refractivity contribution >= 4 is 5.97 Å². The molecule has 0 fully saturated rings. The van der Waals surface area contributed by atoms with Crippen LogP contribution >= 0.6 is 0 Å². The summed E-state index contributed by atoms with van der Waals surface area (Å²) in [6.07, 6.45) is 4.96. The van der Waals surface area contributed by atoms with Crippen molar-refractivity contribution in [2.75, 3.05) is 0 Å². The zero-order valence-corrected chi connectivity index (χ0v) is 9.65. The van der Waals surface area contributed by atoms with Gasteiger partial charge in [-0.2, -0.15) is 0 Å². The fourth-order valence-electron chi connectivity index (χ4n) is 1.74. The minimum absolute atomic E-state index is 0.369. The summed E-state index contributed by atoms with van der Waals surface area (Å²) in [5, 5.41) is 8.87. The van der Waals surface area contributed by atoms with E-state index in [0.29, 0.717) is 11.5 Å². The molecule has 0 amide bonds. The van der Waals surface area contributed by atoms with Gasteiger partial charge in [0.2, 0.25) is 0 Å². The summed E-state index contributed by atoms with van der Waals surface area (Å²) in [5.74, 6) is -0.303. The number of carboxylic acids is 1. The molecule has 0 aliphatic carbocycles. The summed E-state index contributed by atoms with van der Waals surface area (Å²) in [6.45, 7) is 5.88. The normalized spacial score (nSPS) is 12.1. The standard InChI is InChI=1S/C14H18O2/c1-3-4-6-11(2)9-12-7-5-8-13(10-12)14(15)16/h3,5,7-8,10-11H,1,4,6,9H2,2H3,(H,15,16). The molecule has 1 aromatic carbocycles. The van der Waals surface area contributed by atoms with E-state index < -0.39 is 5.97 Å². The highest BCUT2D eigenvalue weighted by molar-refractivity contribution is 5.87. The Kier molecular flexibility index (Phi) is 4.77. The van der Waals surface area contributed by atoms with Crippen LogP contribution in [0.1, 0.15) is 35.7 Å². The van der Waals surface area contributed by atoms with E-state index in [1.807, 2.05) is 12.1 Å². The molecule has 86 valence electrons. The van der Waals surface area contributed by atoms with E-state index in [0.717, 1.165) is 24.8 Å². The van der Waals surface area contributed by atoms with Gasteiger partial charge in [-0.15, -0.1) is 6.58 Å². The summed E-state index contributed by atoms with van der Waals surface area (Å²) in [6, 6.07) is 7.17. The lowest BCUT2D eigenvalue weighted by Gasteiger charge is -2.10. The van der Waals surface area contributed by atoms with Crippen LogP contribution in [0.3, 0.4) is 0 Å². The summed E-state index contributed by atoms with van der Waals surface area (Å²) in [7, 11) is 0. The first-order valence-corrected chi connectivity index (χ1v) is 5.56. The van der Waals surface area contributed by atoms with Crippen molar-refractivity contribution in [2.24, 2.45) is 5.92 Å². The Hall–Kier alpha value is -1.57. The fraction of sp³-hybridized carbons (Fsp3) is 0.357. The number of carbonyl (C=O) groups is 1. The van der Waals surface area contributed by atoms with E-state index in [4.69, 9.17) is 5.11 Å². The van der Waals surface area contributed by atoms with Crippen LogP contribution < -0.4 is 0 Å². The maximum Gasteiger partial charge on any atom is 0.335 e. The smallest absolute Gasteiger partial charge is 0.335 e. The molecule has 0 saturated heterocycles. The molecule has 0 aliphatic heterocycles. The van der Waals surface area contributed by atoms with Gasteiger partial charge >= 0.3 is 5.97 Å². The molecule has 1 N–H and O–H groups in total. The van der Waals surface area contributed by atoms with Gasteiger partial charge in [0.1, 0.15) is 0 Å². The van der Waals surface area contributed by atoms with Gasteiger partial charge in [-0.1, -0.05) is 25.1 Å². The topological polar surface area (TPSA) is 37.3 Å². The Bertz CT molecular complexity index is 369. The summed E-state index contributed by atoms with van der Waals surface area (Å²) in [4.78, 5) is 10.8. The Morgan fingerprint density at radius 1 is 1.56 bits per heavy atom. The highest BCUT2D eigenvalue weighted by Gasteiger charge is 2.06. The molecule has 0 aromatic heterocycles. The van der Waals surface area contributed by atoms with Gasteiger partial charge < -0.3 is 5.11 Å². The first-order chi connectivity index (χ1) is 7.63. The molecule has 0 bridgehead atoms.